The maximum Gasteiger partial charge on any atom is 0.119 e. The minimum atomic E-state index is 0.347. The molecule has 0 bridgehead atoms. The van der Waals surface area contributed by atoms with Crippen LogP contribution in [0.2, 0.25) is 0 Å². The maximum absolute atomic E-state index is 5.82. The van der Waals surface area contributed by atoms with Crippen LogP contribution >= 0.6 is 0 Å². The van der Waals surface area contributed by atoms with Crippen LogP contribution < -0.4 is 10.5 Å². The van der Waals surface area contributed by atoms with Crippen molar-refractivity contribution < 1.29 is 4.74 Å². The van der Waals surface area contributed by atoms with E-state index in [1.165, 1.54) is 5.56 Å². The number of aryl methyl sites for hydroxylation is 1. The average Bonchev–Trinajstić information content (AvgIpc) is 2.99. The van der Waals surface area contributed by atoms with Gasteiger partial charge in [-0.25, -0.2) is 4.68 Å². The van der Waals surface area contributed by atoms with Gasteiger partial charge in [-0.05, 0) is 31.2 Å². The van der Waals surface area contributed by atoms with Crippen molar-refractivity contribution in [3.8, 4) is 22.7 Å². The van der Waals surface area contributed by atoms with Gasteiger partial charge in [0.05, 0.1) is 18.5 Å². The molecule has 5 heteroatoms. The van der Waals surface area contributed by atoms with Crippen LogP contribution in [-0.2, 0) is 6.54 Å². The lowest BCUT2D eigenvalue weighted by molar-refractivity contribution is 0.414. The largest absolute Gasteiger partial charge is 0.497 e. The predicted molar refractivity (Wildman–Crippen MR) is 86.0 cm³/mol. The van der Waals surface area contributed by atoms with E-state index in [4.69, 9.17) is 10.5 Å². The second kappa shape index (κ2) is 5.99. The van der Waals surface area contributed by atoms with Crippen LogP contribution in [0.25, 0.3) is 16.9 Å². The third-order valence-corrected chi connectivity index (χ3v) is 3.58. The number of aromatic nitrogens is 3. The molecule has 0 amide bonds. The lowest BCUT2D eigenvalue weighted by Gasteiger charge is -2.09. The molecule has 0 radical (unpaired) electrons. The van der Waals surface area contributed by atoms with E-state index in [0.717, 1.165) is 28.4 Å². The van der Waals surface area contributed by atoms with Gasteiger partial charge in [0.25, 0.3) is 0 Å². The molecule has 3 rings (SSSR count). The topological polar surface area (TPSA) is 66.0 Å². The van der Waals surface area contributed by atoms with Crippen molar-refractivity contribution in [2.24, 2.45) is 5.73 Å². The van der Waals surface area contributed by atoms with Gasteiger partial charge in [0.15, 0.2) is 0 Å². The zero-order valence-corrected chi connectivity index (χ0v) is 12.7. The first-order chi connectivity index (χ1) is 10.7. The number of hydrogen-bond donors (Lipinski definition) is 1. The third kappa shape index (κ3) is 2.58. The van der Waals surface area contributed by atoms with Crippen LogP contribution in [-0.4, -0.2) is 22.1 Å². The molecule has 3 aromatic rings. The molecule has 0 unspecified atom stereocenters. The van der Waals surface area contributed by atoms with Crippen LogP contribution in [0, 0.1) is 6.92 Å². The fraction of sp³-hybridized carbons (Fsp3) is 0.176. The van der Waals surface area contributed by atoms with E-state index >= 15 is 0 Å². The summed E-state index contributed by atoms with van der Waals surface area (Å²) in [5.74, 6) is 0.805. The van der Waals surface area contributed by atoms with Gasteiger partial charge in [-0.2, -0.15) is 0 Å². The Morgan fingerprint density at radius 1 is 1.05 bits per heavy atom. The molecule has 5 nitrogen and oxygen atoms in total. The van der Waals surface area contributed by atoms with Crippen molar-refractivity contribution in [1.82, 2.24) is 15.0 Å². The zero-order chi connectivity index (χ0) is 15.5. The van der Waals surface area contributed by atoms with Crippen molar-refractivity contribution in [3.05, 3.63) is 59.8 Å². The highest BCUT2D eigenvalue weighted by molar-refractivity contribution is 5.64. The Bertz CT molecular complexity index is 760. The molecule has 0 saturated heterocycles. The van der Waals surface area contributed by atoms with Crippen LogP contribution in [0.4, 0.5) is 0 Å². The summed E-state index contributed by atoms with van der Waals surface area (Å²) in [5.41, 5.74) is 10.7. The summed E-state index contributed by atoms with van der Waals surface area (Å²) in [6.45, 7) is 2.41. The highest BCUT2D eigenvalue weighted by Crippen LogP contribution is 2.26. The van der Waals surface area contributed by atoms with Gasteiger partial charge < -0.3 is 10.5 Å². The smallest absolute Gasteiger partial charge is 0.119 e. The Kier molecular flexibility index (Phi) is 3.89. The minimum Gasteiger partial charge on any atom is -0.497 e. The molecule has 0 fully saturated rings. The molecule has 0 saturated carbocycles. The van der Waals surface area contributed by atoms with Gasteiger partial charge >= 0.3 is 0 Å². The van der Waals surface area contributed by atoms with Crippen LogP contribution in [0.1, 0.15) is 11.3 Å². The number of nitrogens with two attached hydrogens (primary N) is 1. The van der Waals surface area contributed by atoms with Crippen molar-refractivity contribution >= 4 is 0 Å². The lowest BCUT2D eigenvalue weighted by Crippen LogP contribution is -2.02. The standard InChI is InChI=1S/C17H18N4O/c1-12-3-5-13(6-4-12)17-16(11-18)19-20-21(17)14-7-9-15(22-2)10-8-14/h3-10H,11,18H2,1-2H3. The first kappa shape index (κ1) is 14.3. The number of benzene rings is 2. The van der Waals surface area contributed by atoms with Gasteiger partial charge in [0.2, 0.25) is 0 Å². The van der Waals surface area contributed by atoms with Gasteiger partial charge in [-0.3, -0.25) is 0 Å². The first-order valence-corrected chi connectivity index (χ1v) is 7.09. The van der Waals surface area contributed by atoms with E-state index in [2.05, 4.69) is 41.5 Å². The van der Waals surface area contributed by atoms with E-state index in [9.17, 15) is 0 Å². The van der Waals surface area contributed by atoms with Crippen LogP contribution in [0.15, 0.2) is 48.5 Å². The monoisotopic (exact) mass is 294 g/mol. The second-order valence-corrected chi connectivity index (χ2v) is 5.06. The molecular formula is C17H18N4O. The van der Waals surface area contributed by atoms with Gasteiger partial charge in [-0.1, -0.05) is 35.0 Å². The Morgan fingerprint density at radius 2 is 1.73 bits per heavy atom. The third-order valence-electron chi connectivity index (χ3n) is 3.58. The summed E-state index contributed by atoms with van der Waals surface area (Å²) in [6.07, 6.45) is 0. The van der Waals surface area contributed by atoms with E-state index in [0.29, 0.717) is 6.54 Å². The quantitative estimate of drug-likeness (QED) is 0.803. The summed E-state index contributed by atoms with van der Waals surface area (Å²) >= 11 is 0. The summed E-state index contributed by atoms with van der Waals surface area (Å²) in [6, 6.07) is 16.0. The normalized spacial score (nSPS) is 10.7. The molecular weight excluding hydrogens is 276 g/mol. The highest BCUT2D eigenvalue weighted by Gasteiger charge is 2.15. The Balaban J connectivity index is 2.11. The fourth-order valence-corrected chi connectivity index (χ4v) is 2.36. The average molecular weight is 294 g/mol. The van der Waals surface area contributed by atoms with Crippen LogP contribution in [0.5, 0.6) is 5.75 Å². The van der Waals surface area contributed by atoms with Gasteiger partial charge in [-0.15, -0.1) is 5.10 Å². The summed E-state index contributed by atoms with van der Waals surface area (Å²) in [7, 11) is 1.65. The summed E-state index contributed by atoms with van der Waals surface area (Å²) < 4.78 is 7.01. The molecule has 2 N–H and O–H groups in total. The molecule has 1 heterocycles. The number of hydrogen-bond acceptors (Lipinski definition) is 4. The Morgan fingerprint density at radius 3 is 2.32 bits per heavy atom. The van der Waals surface area contributed by atoms with E-state index in [-0.39, 0.29) is 0 Å². The Hall–Kier alpha value is -2.66. The number of ether oxygens (including phenoxy) is 1. The minimum absolute atomic E-state index is 0.347. The van der Waals surface area contributed by atoms with E-state index in [1.807, 2.05) is 28.9 Å². The SMILES string of the molecule is COc1ccc(-n2nnc(CN)c2-c2ccc(C)cc2)cc1. The van der Waals surface area contributed by atoms with Crippen molar-refractivity contribution in [2.75, 3.05) is 7.11 Å². The molecule has 1 aromatic heterocycles. The van der Waals surface area contributed by atoms with Crippen molar-refractivity contribution in [2.45, 2.75) is 13.5 Å². The maximum atomic E-state index is 5.82. The molecule has 0 aliphatic rings. The molecule has 22 heavy (non-hydrogen) atoms. The van der Waals surface area contributed by atoms with Crippen molar-refractivity contribution in [3.63, 3.8) is 0 Å². The highest BCUT2D eigenvalue weighted by atomic mass is 16.5. The number of nitrogens with zero attached hydrogens (tertiary/aromatic N) is 3. The molecule has 112 valence electrons. The first-order valence-electron chi connectivity index (χ1n) is 7.09. The lowest BCUT2D eigenvalue weighted by atomic mass is 10.1. The molecule has 0 aliphatic carbocycles. The van der Waals surface area contributed by atoms with Crippen molar-refractivity contribution in [1.29, 1.82) is 0 Å². The predicted octanol–water partition coefficient (Wildman–Crippen LogP) is 2.71. The van der Waals surface area contributed by atoms with E-state index < -0.39 is 0 Å². The number of methoxy groups -OCH3 is 1. The number of rotatable bonds is 4. The van der Waals surface area contributed by atoms with E-state index in [1.54, 1.807) is 7.11 Å². The van der Waals surface area contributed by atoms with Gasteiger partial charge in [0.1, 0.15) is 11.4 Å². The van der Waals surface area contributed by atoms with Crippen LogP contribution in [0.3, 0.4) is 0 Å². The Labute approximate surface area is 129 Å². The molecule has 0 aliphatic heterocycles. The van der Waals surface area contributed by atoms with Gasteiger partial charge in [0, 0.05) is 12.1 Å². The molecule has 0 atom stereocenters. The zero-order valence-electron chi connectivity index (χ0n) is 12.7. The molecule has 2 aromatic carbocycles. The molecule has 0 spiro atoms. The summed E-state index contributed by atoms with van der Waals surface area (Å²) in [5, 5.41) is 8.47. The fourth-order valence-electron chi connectivity index (χ4n) is 2.36. The summed E-state index contributed by atoms with van der Waals surface area (Å²) in [4.78, 5) is 0. The second-order valence-electron chi connectivity index (χ2n) is 5.06.